The van der Waals surface area contributed by atoms with Gasteiger partial charge in [-0.1, -0.05) is 5.16 Å². The summed E-state index contributed by atoms with van der Waals surface area (Å²) in [6, 6.07) is 0. The first-order chi connectivity index (χ1) is 8.77. The zero-order chi connectivity index (χ0) is 14.6. The van der Waals surface area contributed by atoms with Crippen LogP contribution < -0.4 is 4.72 Å². The zero-order valence-corrected chi connectivity index (χ0v) is 12.1. The molecule has 19 heavy (non-hydrogen) atoms. The second-order valence-corrected chi connectivity index (χ2v) is 5.75. The fourth-order valence-corrected chi connectivity index (χ4v) is 2.09. The SMILES string of the molecule is COC(=O)CCN(C)S(=O)(=O)Nc1onc(C)c1C. The first-order valence-corrected chi connectivity index (χ1v) is 6.95. The fraction of sp³-hybridized carbons (Fsp3) is 0.600. The molecule has 0 saturated carbocycles. The van der Waals surface area contributed by atoms with E-state index in [1.165, 1.54) is 14.2 Å². The van der Waals surface area contributed by atoms with Crippen LogP contribution in [0, 0.1) is 13.8 Å². The van der Waals surface area contributed by atoms with E-state index in [1.54, 1.807) is 13.8 Å². The molecule has 1 aromatic heterocycles. The third kappa shape index (κ3) is 3.93. The molecular weight excluding hydrogens is 274 g/mol. The van der Waals surface area contributed by atoms with Gasteiger partial charge in [0.05, 0.1) is 19.2 Å². The lowest BCUT2D eigenvalue weighted by atomic mass is 10.3. The van der Waals surface area contributed by atoms with Crippen molar-refractivity contribution in [1.82, 2.24) is 9.46 Å². The summed E-state index contributed by atoms with van der Waals surface area (Å²) in [5.74, 6) is -0.406. The first-order valence-electron chi connectivity index (χ1n) is 5.51. The molecule has 0 atom stereocenters. The standard InChI is InChI=1S/C10H17N3O5S/c1-7-8(2)11-18-10(7)12-19(15,16)13(3)6-5-9(14)17-4/h12H,5-6H2,1-4H3. The number of nitrogens with one attached hydrogen (secondary N) is 1. The normalized spacial score (nSPS) is 11.6. The van der Waals surface area contributed by atoms with Crippen molar-refractivity contribution in [3.05, 3.63) is 11.3 Å². The van der Waals surface area contributed by atoms with E-state index in [0.717, 1.165) is 4.31 Å². The van der Waals surface area contributed by atoms with Crippen molar-refractivity contribution < 1.29 is 22.5 Å². The zero-order valence-electron chi connectivity index (χ0n) is 11.3. The molecule has 0 bridgehead atoms. The predicted molar refractivity (Wildman–Crippen MR) is 67.8 cm³/mol. The van der Waals surface area contributed by atoms with Gasteiger partial charge in [0.25, 0.3) is 0 Å². The van der Waals surface area contributed by atoms with E-state index >= 15 is 0 Å². The number of methoxy groups -OCH3 is 1. The van der Waals surface area contributed by atoms with E-state index < -0.39 is 16.2 Å². The molecule has 0 aromatic carbocycles. The Balaban J connectivity index is 2.70. The van der Waals surface area contributed by atoms with Crippen molar-refractivity contribution in [2.45, 2.75) is 20.3 Å². The molecule has 0 aliphatic heterocycles. The molecule has 0 aliphatic rings. The van der Waals surface area contributed by atoms with Crippen molar-refractivity contribution in [2.75, 3.05) is 25.4 Å². The number of ether oxygens (including phenoxy) is 1. The molecule has 0 fully saturated rings. The van der Waals surface area contributed by atoms with Crippen molar-refractivity contribution in [1.29, 1.82) is 0 Å². The Morgan fingerprint density at radius 2 is 2.11 bits per heavy atom. The van der Waals surface area contributed by atoms with Crippen LogP contribution in [0.3, 0.4) is 0 Å². The maximum absolute atomic E-state index is 11.9. The molecule has 1 N–H and O–H groups in total. The number of aromatic nitrogens is 1. The molecular formula is C10H17N3O5S. The summed E-state index contributed by atoms with van der Waals surface area (Å²) in [5, 5.41) is 3.65. The highest BCUT2D eigenvalue weighted by Crippen LogP contribution is 2.19. The lowest BCUT2D eigenvalue weighted by molar-refractivity contribution is -0.140. The predicted octanol–water partition coefficient (Wildman–Crippen LogP) is 0.443. The van der Waals surface area contributed by atoms with Crippen molar-refractivity contribution in [2.24, 2.45) is 0 Å². The minimum absolute atomic E-state index is 0.00811. The number of aryl methyl sites for hydroxylation is 1. The highest BCUT2D eigenvalue weighted by Gasteiger charge is 2.22. The van der Waals surface area contributed by atoms with Crippen LogP contribution in [0.1, 0.15) is 17.7 Å². The Morgan fingerprint density at radius 3 is 2.58 bits per heavy atom. The molecule has 8 nitrogen and oxygen atoms in total. The fourth-order valence-electron chi connectivity index (χ4n) is 1.18. The second kappa shape index (κ2) is 6.02. The van der Waals surface area contributed by atoms with Gasteiger partial charge in [0.15, 0.2) is 0 Å². The number of carbonyl (C=O) groups excluding carboxylic acids is 1. The Bertz CT molecular complexity index is 552. The second-order valence-electron chi connectivity index (χ2n) is 3.98. The number of nitrogens with zero attached hydrogens (tertiary/aromatic N) is 2. The van der Waals surface area contributed by atoms with Gasteiger partial charge in [-0.05, 0) is 13.8 Å². The number of hydrogen-bond acceptors (Lipinski definition) is 6. The topological polar surface area (TPSA) is 102 Å². The maximum atomic E-state index is 11.9. The quantitative estimate of drug-likeness (QED) is 0.763. The van der Waals surface area contributed by atoms with E-state index in [1.807, 2.05) is 0 Å². The van der Waals surface area contributed by atoms with Gasteiger partial charge in [0, 0.05) is 19.2 Å². The summed E-state index contributed by atoms with van der Waals surface area (Å²) < 4.78 is 36.5. The Kier molecular flexibility index (Phi) is 4.90. The van der Waals surface area contributed by atoms with Gasteiger partial charge in [-0.2, -0.15) is 12.7 Å². The lowest BCUT2D eigenvalue weighted by Crippen LogP contribution is -2.34. The highest BCUT2D eigenvalue weighted by atomic mass is 32.2. The number of hydrogen-bond donors (Lipinski definition) is 1. The van der Waals surface area contributed by atoms with Crippen LogP contribution in [0.5, 0.6) is 0 Å². The molecule has 0 aliphatic carbocycles. The molecule has 1 aromatic rings. The van der Waals surface area contributed by atoms with Crippen LogP contribution in [-0.4, -0.2) is 44.6 Å². The molecule has 0 saturated heterocycles. The summed E-state index contributed by atoms with van der Waals surface area (Å²) in [6.07, 6.45) is -0.0255. The van der Waals surface area contributed by atoms with E-state index in [-0.39, 0.29) is 18.8 Å². The molecule has 108 valence electrons. The minimum atomic E-state index is -3.78. The minimum Gasteiger partial charge on any atom is -0.469 e. The van der Waals surface area contributed by atoms with Crippen LogP contribution in [0.15, 0.2) is 4.52 Å². The number of carbonyl (C=O) groups is 1. The molecule has 1 heterocycles. The van der Waals surface area contributed by atoms with Gasteiger partial charge in [0.2, 0.25) is 5.88 Å². The van der Waals surface area contributed by atoms with E-state index in [9.17, 15) is 13.2 Å². The van der Waals surface area contributed by atoms with Crippen LogP contribution in [0.2, 0.25) is 0 Å². The number of rotatable bonds is 6. The van der Waals surface area contributed by atoms with Crippen LogP contribution in [0.4, 0.5) is 5.88 Å². The number of anilines is 1. The van der Waals surface area contributed by atoms with Gasteiger partial charge >= 0.3 is 16.2 Å². The lowest BCUT2D eigenvalue weighted by Gasteiger charge is -2.16. The van der Waals surface area contributed by atoms with E-state index in [0.29, 0.717) is 11.3 Å². The molecule has 0 spiro atoms. The summed E-state index contributed by atoms with van der Waals surface area (Å²) in [6.45, 7) is 3.41. The molecule has 0 amide bonds. The Labute approximate surface area is 111 Å². The first kappa shape index (κ1) is 15.4. The van der Waals surface area contributed by atoms with Gasteiger partial charge in [0.1, 0.15) is 0 Å². The summed E-state index contributed by atoms with van der Waals surface area (Å²) in [5.41, 5.74) is 1.22. The van der Waals surface area contributed by atoms with Gasteiger partial charge < -0.3 is 9.26 Å². The average Bonchev–Trinajstić information content (AvgIpc) is 2.66. The van der Waals surface area contributed by atoms with Crippen LogP contribution in [-0.2, 0) is 19.7 Å². The van der Waals surface area contributed by atoms with Gasteiger partial charge in [-0.15, -0.1) is 0 Å². The molecule has 1 rings (SSSR count). The van der Waals surface area contributed by atoms with Crippen LogP contribution >= 0.6 is 0 Å². The molecule has 0 radical (unpaired) electrons. The van der Waals surface area contributed by atoms with Crippen molar-refractivity contribution >= 4 is 22.1 Å². The van der Waals surface area contributed by atoms with E-state index in [2.05, 4.69) is 14.6 Å². The Hall–Kier alpha value is -1.61. The van der Waals surface area contributed by atoms with Crippen molar-refractivity contribution in [3.63, 3.8) is 0 Å². The average molecular weight is 291 g/mol. The summed E-state index contributed by atoms with van der Waals surface area (Å²) >= 11 is 0. The van der Waals surface area contributed by atoms with E-state index in [4.69, 9.17) is 4.52 Å². The highest BCUT2D eigenvalue weighted by molar-refractivity contribution is 7.90. The summed E-state index contributed by atoms with van der Waals surface area (Å²) in [7, 11) is -1.19. The third-order valence-corrected chi connectivity index (χ3v) is 4.09. The van der Waals surface area contributed by atoms with Gasteiger partial charge in [-0.3, -0.25) is 4.79 Å². The molecule has 0 unspecified atom stereocenters. The molecule has 9 heteroatoms. The monoisotopic (exact) mass is 291 g/mol. The Morgan fingerprint density at radius 1 is 1.47 bits per heavy atom. The van der Waals surface area contributed by atoms with Gasteiger partial charge in [-0.25, -0.2) is 4.72 Å². The largest absolute Gasteiger partial charge is 0.469 e. The maximum Gasteiger partial charge on any atom is 0.306 e. The summed E-state index contributed by atoms with van der Waals surface area (Å²) in [4.78, 5) is 11.0. The number of esters is 1. The van der Waals surface area contributed by atoms with Crippen LogP contribution in [0.25, 0.3) is 0 Å². The third-order valence-electron chi connectivity index (χ3n) is 2.65. The van der Waals surface area contributed by atoms with Crippen molar-refractivity contribution in [3.8, 4) is 0 Å². The smallest absolute Gasteiger partial charge is 0.306 e.